The van der Waals surface area contributed by atoms with E-state index in [9.17, 15) is 19.1 Å². The van der Waals surface area contributed by atoms with Crippen LogP contribution in [0.3, 0.4) is 0 Å². The molecule has 184 valence electrons. The summed E-state index contributed by atoms with van der Waals surface area (Å²) < 4.78 is 20.2. The molecule has 2 fully saturated rings. The molecule has 10 heteroatoms. The van der Waals surface area contributed by atoms with Crippen LogP contribution in [0, 0.1) is 18.7 Å². The lowest BCUT2D eigenvalue weighted by Crippen LogP contribution is -2.55. The van der Waals surface area contributed by atoms with Crippen LogP contribution in [0.15, 0.2) is 24.5 Å². The number of aromatic amines is 1. The normalized spacial score (nSPS) is 20.2. The van der Waals surface area contributed by atoms with E-state index >= 15 is 0 Å². The number of piperidine rings is 1. The lowest BCUT2D eigenvalue weighted by Gasteiger charge is -2.35. The SMILES string of the molecule is CC(=O)N1CCC(NC(=O)c2c(C)[nH]c3c(-c4cc(F)ccc4OCC4CC4)ncnc23)C(O)C1. The number of aryl methyl sites for hydroxylation is 1. The minimum Gasteiger partial charge on any atom is -0.493 e. The Morgan fingerprint density at radius 3 is 2.80 bits per heavy atom. The van der Waals surface area contributed by atoms with Crippen LogP contribution in [0.1, 0.15) is 42.2 Å². The van der Waals surface area contributed by atoms with Gasteiger partial charge < -0.3 is 25.0 Å². The first-order valence-electron chi connectivity index (χ1n) is 11.8. The monoisotopic (exact) mass is 481 g/mol. The van der Waals surface area contributed by atoms with Crippen molar-refractivity contribution < 1.29 is 23.8 Å². The number of amides is 2. The summed E-state index contributed by atoms with van der Waals surface area (Å²) in [6, 6.07) is 3.83. The van der Waals surface area contributed by atoms with Gasteiger partial charge in [-0.1, -0.05) is 0 Å². The number of carbonyl (C=O) groups excluding carboxylic acids is 2. The highest BCUT2D eigenvalue weighted by atomic mass is 19.1. The predicted molar refractivity (Wildman–Crippen MR) is 126 cm³/mol. The molecule has 3 N–H and O–H groups in total. The highest BCUT2D eigenvalue weighted by molar-refractivity contribution is 6.09. The van der Waals surface area contributed by atoms with Crippen LogP contribution in [-0.2, 0) is 4.79 Å². The van der Waals surface area contributed by atoms with Crippen molar-refractivity contribution in [3.63, 3.8) is 0 Å². The van der Waals surface area contributed by atoms with Crippen LogP contribution in [0.4, 0.5) is 4.39 Å². The smallest absolute Gasteiger partial charge is 0.255 e. The van der Waals surface area contributed by atoms with E-state index in [1.54, 1.807) is 17.9 Å². The molecular formula is C25H28FN5O4. The minimum atomic E-state index is -0.870. The number of benzene rings is 1. The van der Waals surface area contributed by atoms with Crippen molar-refractivity contribution in [2.75, 3.05) is 19.7 Å². The van der Waals surface area contributed by atoms with Gasteiger partial charge in [0.1, 0.15) is 29.1 Å². The molecule has 0 radical (unpaired) electrons. The van der Waals surface area contributed by atoms with Crippen molar-refractivity contribution in [1.29, 1.82) is 0 Å². The van der Waals surface area contributed by atoms with Gasteiger partial charge in [0.05, 0.1) is 29.8 Å². The zero-order valence-electron chi connectivity index (χ0n) is 19.7. The topological polar surface area (TPSA) is 120 Å². The van der Waals surface area contributed by atoms with Crippen molar-refractivity contribution in [3.8, 4) is 17.0 Å². The van der Waals surface area contributed by atoms with Gasteiger partial charge in [0, 0.05) is 31.3 Å². The number of hydrogen-bond donors (Lipinski definition) is 3. The second kappa shape index (κ2) is 9.26. The maximum absolute atomic E-state index is 14.2. The molecule has 0 bridgehead atoms. The zero-order valence-corrected chi connectivity index (χ0v) is 19.7. The number of nitrogens with zero attached hydrogens (tertiary/aromatic N) is 3. The van der Waals surface area contributed by atoms with Crippen LogP contribution in [0.5, 0.6) is 5.75 Å². The number of fused-ring (bicyclic) bond motifs is 1. The summed E-state index contributed by atoms with van der Waals surface area (Å²) in [5, 5.41) is 13.4. The predicted octanol–water partition coefficient (Wildman–Crippen LogP) is 2.57. The fourth-order valence-electron chi connectivity index (χ4n) is 4.54. The summed E-state index contributed by atoms with van der Waals surface area (Å²) >= 11 is 0. The Morgan fingerprint density at radius 1 is 1.29 bits per heavy atom. The fourth-order valence-corrected chi connectivity index (χ4v) is 4.54. The summed E-state index contributed by atoms with van der Waals surface area (Å²) in [5.41, 5.74) is 2.74. The standard InChI is InChI=1S/C25H28FN5O4/c1-13-21(25(34)30-18-7-8-31(14(2)32)10-19(18)33)23-24(29-13)22(27-12-28-23)17-9-16(26)5-6-20(17)35-11-15-3-4-15/h5-6,9,12,15,18-19,29,33H,3-4,7-8,10-11H2,1-2H3,(H,30,34). The molecule has 5 rings (SSSR count). The number of nitrogens with one attached hydrogen (secondary N) is 2. The lowest BCUT2D eigenvalue weighted by molar-refractivity contribution is -0.132. The number of H-pyrrole nitrogens is 1. The van der Waals surface area contributed by atoms with Gasteiger partial charge in [-0.2, -0.15) is 0 Å². The number of halogens is 1. The van der Waals surface area contributed by atoms with E-state index in [-0.39, 0.29) is 18.4 Å². The summed E-state index contributed by atoms with van der Waals surface area (Å²) in [6.45, 7) is 4.40. The van der Waals surface area contributed by atoms with Crippen LogP contribution in [-0.4, -0.2) is 68.6 Å². The molecule has 1 aromatic carbocycles. The van der Waals surface area contributed by atoms with E-state index in [1.165, 1.54) is 25.4 Å². The number of rotatable bonds is 6. The van der Waals surface area contributed by atoms with Crippen LogP contribution >= 0.6 is 0 Å². The lowest BCUT2D eigenvalue weighted by atomic mass is 10.0. The fraction of sp³-hybridized carbons (Fsp3) is 0.440. The molecule has 1 aliphatic heterocycles. The number of likely N-dealkylation sites (tertiary alicyclic amines) is 1. The van der Waals surface area contributed by atoms with Crippen molar-refractivity contribution in [1.82, 2.24) is 25.2 Å². The van der Waals surface area contributed by atoms with Crippen LogP contribution in [0.2, 0.25) is 0 Å². The average molecular weight is 482 g/mol. The molecule has 2 aromatic heterocycles. The summed E-state index contributed by atoms with van der Waals surface area (Å²) in [4.78, 5) is 38.3. The average Bonchev–Trinajstić information content (AvgIpc) is 3.59. The van der Waals surface area contributed by atoms with Gasteiger partial charge in [-0.15, -0.1) is 0 Å². The van der Waals surface area contributed by atoms with E-state index in [4.69, 9.17) is 4.74 Å². The Balaban J connectivity index is 1.45. The molecule has 2 aliphatic rings. The quantitative estimate of drug-likeness (QED) is 0.498. The number of carbonyl (C=O) groups is 2. The molecular weight excluding hydrogens is 453 g/mol. The van der Waals surface area contributed by atoms with Crippen LogP contribution < -0.4 is 10.1 Å². The first-order chi connectivity index (χ1) is 16.8. The van der Waals surface area contributed by atoms with E-state index in [0.717, 1.165) is 12.8 Å². The molecule has 3 heterocycles. The summed E-state index contributed by atoms with van der Waals surface area (Å²) in [7, 11) is 0. The van der Waals surface area contributed by atoms with E-state index in [1.807, 2.05) is 0 Å². The van der Waals surface area contributed by atoms with E-state index in [0.29, 0.717) is 64.8 Å². The molecule has 9 nitrogen and oxygen atoms in total. The Labute approximate surface area is 201 Å². The Kier molecular flexibility index (Phi) is 6.14. The van der Waals surface area contributed by atoms with Gasteiger partial charge in [-0.25, -0.2) is 14.4 Å². The van der Waals surface area contributed by atoms with E-state index < -0.39 is 18.0 Å². The number of aliphatic hydroxyl groups is 1. The third-order valence-electron chi connectivity index (χ3n) is 6.71. The van der Waals surface area contributed by atoms with Crippen molar-refractivity contribution >= 4 is 22.8 Å². The van der Waals surface area contributed by atoms with Gasteiger partial charge in [-0.3, -0.25) is 9.59 Å². The zero-order chi connectivity index (χ0) is 24.7. The van der Waals surface area contributed by atoms with Gasteiger partial charge in [0.15, 0.2) is 0 Å². The number of hydrogen-bond acceptors (Lipinski definition) is 6. The molecule has 0 spiro atoms. The maximum atomic E-state index is 14.2. The molecule has 3 aromatic rings. The number of aliphatic hydroxyl groups excluding tert-OH is 1. The highest BCUT2D eigenvalue weighted by Crippen LogP contribution is 2.36. The van der Waals surface area contributed by atoms with Gasteiger partial charge >= 0.3 is 0 Å². The van der Waals surface area contributed by atoms with Crippen molar-refractivity contribution in [2.24, 2.45) is 5.92 Å². The van der Waals surface area contributed by atoms with Crippen molar-refractivity contribution in [3.05, 3.63) is 41.6 Å². The molecule has 1 aliphatic carbocycles. The molecule has 2 unspecified atom stereocenters. The molecule has 35 heavy (non-hydrogen) atoms. The highest BCUT2D eigenvalue weighted by Gasteiger charge is 2.32. The third-order valence-corrected chi connectivity index (χ3v) is 6.71. The number of β-amino-alcohol motifs (C(OH)–C–C–N with tert-alkyl or cyclic N) is 1. The molecule has 2 atom stereocenters. The van der Waals surface area contributed by atoms with Crippen molar-refractivity contribution in [2.45, 2.75) is 45.3 Å². The first kappa shape index (κ1) is 23.2. The Bertz CT molecular complexity index is 1290. The van der Waals surface area contributed by atoms with Gasteiger partial charge in [-0.05, 0) is 50.3 Å². The molecule has 2 amide bonds. The Hall–Kier alpha value is -3.53. The maximum Gasteiger partial charge on any atom is 0.255 e. The number of ether oxygens (including phenoxy) is 1. The summed E-state index contributed by atoms with van der Waals surface area (Å²) in [6.07, 6.45) is 3.18. The minimum absolute atomic E-state index is 0.108. The van der Waals surface area contributed by atoms with Gasteiger partial charge in [0.2, 0.25) is 5.91 Å². The van der Waals surface area contributed by atoms with E-state index in [2.05, 4.69) is 20.3 Å². The third kappa shape index (κ3) is 4.70. The summed E-state index contributed by atoms with van der Waals surface area (Å²) in [5.74, 6) is 0.139. The largest absolute Gasteiger partial charge is 0.493 e. The van der Waals surface area contributed by atoms with Crippen LogP contribution in [0.25, 0.3) is 22.3 Å². The second-order valence-corrected chi connectivity index (χ2v) is 9.37. The second-order valence-electron chi connectivity index (χ2n) is 9.37. The van der Waals surface area contributed by atoms with Gasteiger partial charge in [0.25, 0.3) is 5.91 Å². The Morgan fingerprint density at radius 2 is 2.09 bits per heavy atom. The molecule has 1 saturated heterocycles. The molecule has 1 saturated carbocycles. The first-order valence-corrected chi connectivity index (χ1v) is 11.8. The number of aromatic nitrogens is 3.